The Morgan fingerprint density at radius 2 is 2.00 bits per heavy atom. The van der Waals surface area contributed by atoms with E-state index in [1.54, 1.807) is 19.2 Å². The fraction of sp³-hybridized carbons (Fsp3) is 0.259. The number of alkyl halides is 2. The summed E-state index contributed by atoms with van der Waals surface area (Å²) in [6.45, 7) is 0.652. The van der Waals surface area contributed by atoms with Gasteiger partial charge in [-0.2, -0.15) is 5.26 Å². The molecule has 1 N–H and O–H groups in total. The molecule has 1 fully saturated rings. The van der Waals surface area contributed by atoms with E-state index in [9.17, 15) is 18.4 Å². The molecule has 4 rings (SSSR count). The van der Waals surface area contributed by atoms with E-state index >= 15 is 0 Å². The first-order valence-corrected chi connectivity index (χ1v) is 11.3. The number of nitrogens with zero attached hydrogens (tertiary/aromatic N) is 3. The summed E-state index contributed by atoms with van der Waals surface area (Å²) in [6.07, 6.45) is 2.77. The van der Waals surface area contributed by atoms with E-state index in [-0.39, 0.29) is 0 Å². The van der Waals surface area contributed by atoms with Crippen molar-refractivity contribution in [2.45, 2.75) is 25.3 Å². The molecule has 2 amide bonds. The third kappa shape index (κ3) is 5.33. The average molecular weight is 491 g/mol. The molecule has 1 aliphatic rings. The van der Waals surface area contributed by atoms with Crippen LogP contribution >= 0.6 is 0 Å². The summed E-state index contributed by atoms with van der Waals surface area (Å²) >= 11 is 0. The monoisotopic (exact) mass is 490 g/mol. The molecule has 3 aromatic rings. The molecule has 2 aromatic carbocycles. The highest BCUT2D eigenvalue weighted by Crippen LogP contribution is 2.31. The predicted molar refractivity (Wildman–Crippen MR) is 131 cm³/mol. The van der Waals surface area contributed by atoms with Crippen LogP contribution in [0.25, 0.3) is 22.6 Å². The van der Waals surface area contributed by atoms with Crippen molar-refractivity contribution >= 4 is 34.4 Å². The molecule has 184 valence electrons. The second kappa shape index (κ2) is 10.1. The smallest absolute Gasteiger partial charge is 0.268 e. The van der Waals surface area contributed by atoms with E-state index in [0.29, 0.717) is 16.5 Å². The van der Waals surface area contributed by atoms with Crippen molar-refractivity contribution in [1.82, 2.24) is 15.2 Å². The van der Waals surface area contributed by atoms with Gasteiger partial charge in [0.25, 0.3) is 11.8 Å². The Bertz CT molecular complexity index is 1380. The zero-order chi connectivity index (χ0) is 25.9. The quantitative estimate of drug-likeness (QED) is 0.520. The van der Waals surface area contributed by atoms with Crippen molar-refractivity contribution in [3.8, 4) is 11.8 Å². The van der Waals surface area contributed by atoms with Crippen molar-refractivity contribution in [3.05, 3.63) is 71.4 Å². The van der Waals surface area contributed by atoms with E-state index in [0.717, 1.165) is 27.3 Å². The molecular formula is C27H24F2N4O3. The number of likely N-dealkylation sites (tertiary alicyclic amines) is 1. The number of nitriles is 1. The number of halogens is 2. The van der Waals surface area contributed by atoms with E-state index in [1.807, 2.05) is 49.4 Å². The highest BCUT2D eigenvalue weighted by molar-refractivity contribution is 6.07. The van der Waals surface area contributed by atoms with Crippen LogP contribution in [0.1, 0.15) is 34.8 Å². The standard InChI is InChI=1S/C27H24F2N4O3/c1-17(19-4-6-21(36-2)7-5-19)11-18-3-8-24-23(12-18)22(9-10-31-24)26(35)32-15-25(34)33-16-27(28,29)13-20(33)14-30/h3-12,20H,13,15-16H2,1-2H3,(H,32,35)/b17-11+. The highest BCUT2D eigenvalue weighted by atomic mass is 19.3. The van der Waals surface area contributed by atoms with E-state index in [4.69, 9.17) is 10.00 Å². The summed E-state index contributed by atoms with van der Waals surface area (Å²) in [5.74, 6) is -3.62. The van der Waals surface area contributed by atoms with Crippen molar-refractivity contribution in [2.75, 3.05) is 20.2 Å². The topological polar surface area (TPSA) is 95.3 Å². The number of rotatable bonds is 6. The fourth-order valence-electron chi connectivity index (χ4n) is 4.19. The molecule has 9 heteroatoms. The molecule has 1 aliphatic heterocycles. The van der Waals surface area contributed by atoms with E-state index in [1.165, 1.54) is 12.3 Å². The Hall–Kier alpha value is -4.32. The third-order valence-corrected chi connectivity index (χ3v) is 6.08. The lowest BCUT2D eigenvalue weighted by molar-refractivity contribution is -0.131. The largest absolute Gasteiger partial charge is 0.497 e. The number of ether oxygens (including phenoxy) is 1. The summed E-state index contributed by atoms with van der Waals surface area (Å²) in [5.41, 5.74) is 3.77. The molecule has 1 unspecified atom stereocenters. The first-order valence-electron chi connectivity index (χ1n) is 11.3. The molecule has 0 radical (unpaired) electrons. The Morgan fingerprint density at radius 1 is 1.25 bits per heavy atom. The second-order valence-electron chi connectivity index (χ2n) is 8.60. The molecule has 0 spiro atoms. The average Bonchev–Trinajstić information content (AvgIpc) is 3.21. The van der Waals surface area contributed by atoms with Crippen LogP contribution in [0.2, 0.25) is 0 Å². The SMILES string of the molecule is COc1ccc(/C(C)=C/c2ccc3nccc(C(=O)NCC(=O)N4CC(F)(F)CC4C#N)c3c2)cc1. The first-order chi connectivity index (χ1) is 17.2. The molecule has 0 saturated carbocycles. The van der Waals surface area contributed by atoms with Crippen LogP contribution in [0.5, 0.6) is 5.75 Å². The number of methoxy groups -OCH3 is 1. The van der Waals surface area contributed by atoms with Gasteiger partial charge in [-0.1, -0.05) is 24.3 Å². The van der Waals surface area contributed by atoms with Gasteiger partial charge in [-0.05, 0) is 54.0 Å². The van der Waals surface area contributed by atoms with Gasteiger partial charge in [0, 0.05) is 18.0 Å². The molecule has 0 bridgehead atoms. The lowest BCUT2D eigenvalue weighted by atomic mass is 10.0. The van der Waals surface area contributed by atoms with Crippen LogP contribution in [0.4, 0.5) is 8.78 Å². The Kier molecular flexibility index (Phi) is 6.97. The lowest BCUT2D eigenvalue weighted by Crippen LogP contribution is -2.43. The summed E-state index contributed by atoms with van der Waals surface area (Å²) in [7, 11) is 1.61. The fourth-order valence-corrected chi connectivity index (χ4v) is 4.19. The molecule has 7 nitrogen and oxygen atoms in total. The molecule has 36 heavy (non-hydrogen) atoms. The molecule has 2 heterocycles. The maximum Gasteiger partial charge on any atom is 0.268 e. The lowest BCUT2D eigenvalue weighted by Gasteiger charge is -2.19. The van der Waals surface area contributed by atoms with Crippen molar-refractivity contribution < 1.29 is 23.1 Å². The Morgan fingerprint density at radius 3 is 2.69 bits per heavy atom. The molecule has 0 aliphatic carbocycles. The second-order valence-corrected chi connectivity index (χ2v) is 8.60. The van der Waals surface area contributed by atoms with Gasteiger partial charge < -0.3 is 15.0 Å². The Balaban J connectivity index is 1.53. The molecule has 1 saturated heterocycles. The van der Waals surface area contributed by atoms with Crippen LogP contribution < -0.4 is 10.1 Å². The molecular weight excluding hydrogens is 466 g/mol. The van der Waals surface area contributed by atoms with Gasteiger partial charge in [0.15, 0.2) is 0 Å². The summed E-state index contributed by atoms with van der Waals surface area (Å²) in [5, 5.41) is 12.2. The number of fused-ring (bicyclic) bond motifs is 1. The third-order valence-electron chi connectivity index (χ3n) is 6.08. The Labute approximate surface area is 207 Å². The maximum atomic E-state index is 13.7. The van der Waals surface area contributed by atoms with Gasteiger partial charge in [-0.3, -0.25) is 14.6 Å². The molecule has 1 atom stereocenters. The number of aromatic nitrogens is 1. The van der Waals surface area contributed by atoms with Crippen LogP contribution in [0, 0.1) is 11.3 Å². The number of pyridine rings is 1. The number of hydrogen-bond donors (Lipinski definition) is 1. The first kappa shape index (κ1) is 24.8. The zero-order valence-corrected chi connectivity index (χ0v) is 19.8. The zero-order valence-electron chi connectivity index (χ0n) is 19.8. The van der Waals surface area contributed by atoms with Crippen molar-refractivity contribution in [1.29, 1.82) is 5.26 Å². The van der Waals surface area contributed by atoms with Crippen LogP contribution in [-0.4, -0.2) is 53.9 Å². The molecule has 1 aromatic heterocycles. The minimum absolute atomic E-state index is 0.300. The number of carbonyl (C=O) groups excluding carboxylic acids is 2. The number of carbonyl (C=O) groups is 2. The van der Waals surface area contributed by atoms with Gasteiger partial charge in [-0.25, -0.2) is 8.78 Å². The van der Waals surface area contributed by atoms with Crippen LogP contribution in [0.3, 0.4) is 0 Å². The number of amides is 2. The van der Waals surface area contributed by atoms with Crippen LogP contribution in [0.15, 0.2) is 54.7 Å². The number of nitrogens with one attached hydrogen (secondary N) is 1. The number of allylic oxidation sites excluding steroid dienone is 1. The highest BCUT2D eigenvalue weighted by Gasteiger charge is 2.47. The van der Waals surface area contributed by atoms with Gasteiger partial charge in [-0.15, -0.1) is 0 Å². The van der Waals surface area contributed by atoms with Gasteiger partial charge in [0.05, 0.1) is 37.3 Å². The normalized spacial score (nSPS) is 17.0. The predicted octanol–water partition coefficient (Wildman–Crippen LogP) is 4.29. The number of benzene rings is 2. The van der Waals surface area contributed by atoms with Gasteiger partial charge in [0.2, 0.25) is 5.91 Å². The van der Waals surface area contributed by atoms with Crippen molar-refractivity contribution in [3.63, 3.8) is 0 Å². The van der Waals surface area contributed by atoms with Crippen molar-refractivity contribution in [2.24, 2.45) is 0 Å². The number of hydrogen-bond acceptors (Lipinski definition) is 5. The van der Waals surface area contributed by atoms with Gasteiger partial charge >= 0.3 is 0 Å². The van der Waals surface area contributed by atoms with E-state index < -0.39 is 43.3 Å². The summed E-state index contributed by atoms with van der Waals surface area (Å²) in [4.78, 5) is 30.5. The van der Waals surface area contributed by atoms with Crippen LogP contribution in [-0.2, 0) is 4.79 Å². The minimum Gasteiger partial charge on any atom is -0.497 e. The minimum atomic E-state index is -3.12. The summed E-state index contributed by atoms with van der Waals surface area (Å²) < 4.78 is 32.5. The van der Waals surface area contributed by atoms with Gasteiger partial charge in [0.1, 0.15) is 11.8 Å². The summed E-state index contributed by atoms with van der Waals surface area (Å²) in [6, 6.07) is 15.2. The van der Waals surface area contributed by atoms with E-state index in [2.05, 4.69) is 10.3 Å². The maximum absolute atomic E-state index is 13.7.